The van der Waals surface area contributed by atoms with Crippen molar-refractivity contribution in [1.82, 2.24) is 25.8 Å². The lowest BCUT2D eigenvalue weighted by atomic mass is 10.0. The van der Waals surface area contributed by atoms with E-state index in [2.05, 4.69) is 20.9 Å². The van der Waals surface area contributed by atoms with E-state index in [1.165, 1.54) is 12.8 Å². The van der Waals surface area contributed by atoms with Crippen molar-refractivity contribution in [2.75, 3.05) is 39.3 Å². The molecule has 0 aliphatic carbocycles. The summed E-state index contributed by atoms with van der Waals surface area (Å²) in [5, 5.41) is 8.89. The van der Waals surface area contributed by atoms with E-state index in [9.17, 15) is 19.2 Å². The Bertz CT molecular complexity index is 1040. The van der Waals surface area contributed by atoms with E-state index in [1.54, 1.807) is 29.2 Å². The van der Waals surface area contributed by atoms with Gasteiger partial charge in [0.25, 0.3) is 5.91 Å². The molecule has 2 saturated heterocycles. The van der Waals surface area contributed by atoms with Crippen LogP contribution in [0.3, 0.4) is 0 Å². The molecule has 220 valence electrons. The van der Waals surface area contributed by atoms with Crippen molar-refractivity contribution < 1.29 is 23.9 Å². The van der Waals surface area contributed by atoms with Crippen LogP contribution in [0.25, 0.3) is 0 Å². The molecule has 10 heteroatoms. The summed E-state index contributed by atoms with van der Waals surface area (Å²) in [5.74, 6) is -0.641. The fraction of sp³-hybridized carbons (Fsp3) is 0.667. The van der Waals surface area contributed by atoms with Crippen molar-refractivity contribution in [3.63, 3.8) is 0 Å². The number of rotatable bonds is 7. The molecule has 10 nitrogen and oxygen atoms in total. The molecule has 3 atom stereocenters. The Morgan fingerprint density at radius 3 is 2.58 bits per heavy atom. The van der Waals surface area contributed by atoms with Gasteiger partial charge < -0.3 is 30.5 Å². The van der Waals surface area contributed by atoms with Crippen molar-refractivity contribution in [1.29, 1.82) is 0 Å². The summed E-state index contributed by atoms with van der Waals surface area (Å²) in [4.78, 5) is 57.1. The van der Waals surface area contributed by atoms with Gasteiger partial charge in [0.2, 0.25) is 17.7 Å². The fourth-order valence-electron chi connectivity index (χ4n) is 5.69. The highest BCUT2D eigenvalue weighted by Crippen LogP contribution is 2.23. The molecule has 3 N–H and O–H groups in total. The van der Waals surface area contributed by atoms with Gasteiger partial charge in [-0.05, 0) is 82.6 Å². The van der Waals surface area contributed by atoms with Crippen LogP contribution in [-0.2, 0) is 14.4 Å². The van der Waals surface area contributed by atoms with Gasteiger partial charge in [-0.3, -0.25) is 19.2 Å². The van der Waals surface area contributed by atoms with Gasteiger partial charge in [0.05, 0.1) is 11.6 Å². The highest BCUT2D eigenvalue weighted by molar-refractivity contribution is 5.99. The topological polar surface area (TPSA) is 120 Å². The SMILES string of the molecule is CC(C)[C@H]1COc2ccccc2C(=O)N[C@H](C(=O)NCCCCN2CCCC2)CCC(=O)N2CCC[C@@H]2C(=O)N1. The van der Waals surface area contributed by atoms with E-state index in [0.29, 0.717) is 30.8 Å². The van der Waals surface area contributed by atoms with Crippen LogP contribution in [-0.4, -0.2) is 90.9 Å². The number of ether oxygens (including phenoxy) is 1. The predicted octanol–water partition coefficient (Wildman–Crippen LogP) is 2.08. The average Bonchev–Trinajstić information content (AvgIpc) is 3.65. The molecule has 3 aliphatic heterocycles. The summed E-state index contributed by atoms with van der Waals surface area (Å²) in [6.45, 7) is 8.51. The Kier molecular flexibility index (Phi) is 10.8. The van der Waals surface area contributed by atoms with Crippen LogP contribution in [0.5, 0.6) is 5.75 Å². The number of fused-ring (bicyclic) bond motifs is 2. The van der Waals surface area contributed by atoms with E-state index in [-0.39, 0.29) is 49.1 Å². The third-order valence-corrected chi connectivity index (χ3v) is 8.23. The van der Waals surface area contributed by atoms with Crippen molar-refractivity contribution >= 4 is 23.6 Å². The largest absolute Gasteiger partial charge is 0.491 e. The quantitative estimate of drug-likeness (QED) is 0.443. The zero-order valence-electron chi connectivity index (χ0n) is 24.0. The Morgan fingerprint density at radius 1 is 1.02 bits per heavy atom. The van der Waals surface area contributed by atoms with E-state index >= 15 is 0 Å². The predicted molar refractivity (Wildman–Crippen MR) is 152 cm³/mol. The smallest absolute Gasteiger partial charge is 0.255 e. The molecule has 3 heterocycles. The highest BCUT2D eigenvalue weighted by Gasteiger charge is 2.36. The standard InChI is InChI=1S/C30H45N5O5/c1-21(2)24-20-40-26-12-4-3-10-22(26)28(37)32-23(29(38)31-15-5-6-16-34-17-7-8-18-34)13-14-27(36)35-19-9-11-25(35)30(39)33-24/h3-4,10,12,21,23-25H,5-9,11,13-20H2,1-2H3,(H,31,38)(H,32,37)(H,33,39)/t23-,24+,25+/m0/s1. The summed E-state index contributed by atoms with van der Waals surface area (Å²) >= 11 is 0. The van der Waals surface area contributed by atoms with Gasteiger partial charge in [-0.2, -0.15) is 0 Å². The minimum Gasteiger partial charge on any atom is -0.491 e. The monoisotopic (exact) mass is 555 g/mol. The number of para-hydroxylation sites is 1. The van der Waals surface area contributed by atoms with Gasteiger partial charge >= 0.3 is 0 Å². The number of carbonyl (C=O) groups excluding carboxylic acids is 4. The first-order valence-corrected chi connectivity index (χ1v) is 15.0. The molecule has 1 aromatic rings. The Hall–Kier alpha value is -3.14. The second-order valence-corrected chi connectivity index (χ2v) is 11.5. The lowest BCUT2D eigenvalue weighted by molar-refractivity contribution is -0.139. The molecule has 4 rings (SSSR count). The molecular weight excluding hydrogens is 510 g/mol. The summed E-state index contributed by atoms with van der Waals surface area (Å²) in [7, 11) is 0. The van der Waals surface area contributed by atoms with E-state index in [1.807, 2.05) is 13.8 Å². The molecule has 40 heavy (non-hydrogen) atoms. The molecule has 2 fully saturated rings. The number of benzene rings is 1. The van der Waals surface area contributed by atoms with Crippen LogP contribution in [0.15, 0.2) is 24.3 Å². The van der Waals surface area contributed by atoms with Crippen molar-refractivity contribution in [3.05, 3.63) is 29.8 Å². The van der Waals surface area contributed by atoms with Gasteiger partial charge in [0, 0.05) is 19.5 Å². The normalized spacial score (nSPS) is 24.8. The van der Waals surface area contributed by atoms with Gasteiger partial charge in [-0.15, -0.1) is 0 Å². The molecule has 0 bridgehead atoms. The fourth-order valence-corrected chi connectivity index (χ4v) is 5.69. The summed E-state index contributed by atoms with van der Waals surface area (Å²) in [6.07, 6.45) is 5.91. The second-order valence-electron chi connectivity index (χ2n) is 11.5. The average molecular weight is 556 g/mol. The van der Waals surface area contributed by atoms with Crippen molar-refractivity contribution in [2.24, 2.45) is 5.92 Å². The first-order valence-electron chi connectivity index (χ1n) is 15.0. The summed E-state index contributed by atoms with van der Waals surface area (Å²) in [6, 6.07) is 5.17. The molecule has 0 spiro atoms. The highest BCUT2D eigenvalue weighted by atomic mass is 16.5. The first-order chi connectivity index (χ1) is 19.3. The van der Waals surface area contributed by atoms with Gasteiger partial charge in [-0.25, -0.2) is 0 Å². The molecule has 1 aromatic carbocycles. The maximum absolute atomic E-state index is 13.4. The Balaban J connectivity index is 1.47. The molecule has 0 aromatic heterocycles. The number of carbonyl (C=O) groups is 4. The lowest BCUT2D eigenvalue weighted by Crippen LogP contribution is -2.52. The molecule has 0 unspecified atom stereocenters. The van der Waals surface area contributed by atoms with Crippen LogP contribution >= 0.6 is 0 Å². The molecular formula is C30H45N5O5. The Morgan fingerprint density at radius 2 is 1.80 bits per heavy atom. The maximum atomic E-state index is 13.4. The van der Waals surface area contributed by atoms with E-state index in [0.717, 1.165) is 38.9 Å². The molecule has 0 radical (unpaired) electrons. The van der Waals surface area contributed by atoms with Crippen LogP contribution in [0.1, 0.15) is 75.6 Å². The number of nitrogens with zero attached hydrogens (tertiary/aromatic N) is 2. The van der Waals surface area contributed by atoms with Gasteiger partial charge in [-0.1, -0.05) is 26.0 Å². The van der Waals surface area contributed by atoms with E-state index in [4.69, 9.17) is 4.74 Å². The van der Waals surface area contributed by atoms with Crippen LogP contribution < -0.4 is 20.7 Å². The number of hydrogen-bond donors (Lipinski definition) is 3. The molecule has 3 aliphatic rings. The number of nitrogens with one attached hydrogen (secondary N) is 3. The third kappa shape index (κ3) is 7.96. The van der Waals surface area contributed by atoms with Gasteiger partial charge in [0.15, 0.2) is 0 Å². The van der Waals surface area contributed by atoms with Crippen LogP contribution in [0.4, 0.5) is 0 Å². The minimum atomic E-state index is -0.883. The number of unbranched alkanes of at least 4 members (excludes halogenated alkanes) is 1. The van der Waals surface area contributed by atoms with Crippen molar-refractivity contribution in [2.45, 2.75) is 83.3 Å². The number of amides is 4. The lowest BCUT2D eigenvalue weighted by Gasteiger charge is -2.28. The van der Waals surface area contributed by atoms with Gasteiger partial charge in [0.1, 0.15) is 24.4 Å². The Labute approximate surface area is 237 Å². The van der Waals surface area contributed by atoms with Crippen molar-refractivity contribution in [3.8, 4) is 5.75 Å². The number of hydrogen-bond acceptors (Lipinski definition) is 6. The minimum absolute atomic E-state index is 0.0584. The summed E-state index contributed by atoms with van der Waals surface area (Å²) in [5.41, 5.74) is 0.307. The molecule has 4 amide bonds. The van der Waals surface area contributed by atoms with E-state index < -0.39 is 18.0 Å². The first kappa shape index (κ1) is 29.8. The second kappa shape index (κ2) is 14.5. The number of likely N-dealkylation sites (tertiary alicyclic amines) is 1. The van der Waals surface area contributed by atoms with Crippen LogP contribution in [0, 0.1) is 5.92 Å². The third-order valence-electron chi connectivity index (χ3n) is 8.23. The zero-order valence-corrected chi connectivity index (χ0v) is 24.0. The van der Waals surface area contributed by atoms with Crippen LogP contribution in [0.2, 0.25) is 0 Å². The maximum Gasteiger partial charge on any atom is 0.255 e. The molecule has 0 saturated carbocycles. The summed E-state index contributed by atoms with van der Waals surface area (Å²) < 4.78 is 6.06. The zero-order chi connectivity index (χ0) is 28.5.